The number of amides is 1. The minimum atomic E-state index is -1.68. The summed E-state index contributed by atoms with van der Waals surface area (Å²) in [6, 6.07) is 10.3. The largest absolute Gasteiger partial charge is 0.461 e. The monoisotopic (exact) mass is 431 g/mol. The number of aromatic nitrogens is 4. The number of likely N-dealkylation sites (N-methyl/N-ethyl adjacent to an activating group) is 1. The van der Waals surface area contributed by atoms with Crippen molar-refractivity contribution < 1.29 is 19.4 Å². The summed E-state index contributed by atoms with van der Waals surface area (Å²) in [6.07, 6.45) is 3.57. The summed E-state index contributed by atoms with van der Waals surface area (Å²) in [5.41, 5.74) is -0.395. The van der Waals surface area contributed by atoms with Gasteiger partial charge in [-0.25, -0.2) is 19.4 Å². The molecule has 3 aromatic rings. The van der Waals surface area contributed by atoms with Crippen LogP contribution in [0.15, 0.2) is 48.8 Å². The Morgan fingerprint density at radius 2 is 2.12 bits per heavy atom. The number of rotatable bonds is 4. The zero-order valence-corrected chi connectivity index (χ0v) is 17.6. The Kier molecular flexibility index (Phi) is 5.71. The van der Waals surface area contributed by atoms with Crippen LogP contribution in [0.2, 0.25) is 0 Å². The van der Waals surface area contributed by atoms with Crippen LogP contribution in [0.4, 0.5) is 0 Å². The fourth-order valence-corrected chi connectivity index (χ4v) is 3.28. The molecule has 9 heteroatoms. The van der Waals surface area contributed by atoms with Crippen LogP contribution < -0.4 is 0 Å². The Hall–Kier alpha value is -4.03. The molecular formula is C23H21N5O4. The third kappa shape index (κ3) is 4.22. The maximum atomic E-state index is 12.3. The van der Waals surface area contributed by atoms with E-state index >= 15 is 0 Å². The quantitative estimate of drug-likeness (QED) is 0.492. The summed E-state index contributed by atoms with van der Waals surface area (Å²) in [7, 11) is 1.63. The first kappa shape index (κ1) is 21.2. The van der Waals surface area contributed by atoms with Crippen molar-refractivity contribution >= 4 is 11.9 Å². The Bertz CT molecular complexity index is 1230. The first-order valence-corrected chi connectivity index (χ1v) is 10.1. The highest BCUT2D eigenvalue weighted by atomic mass is 16.5. The van der Waals surface area contributed by atoms with Crippen LogP contribution in [-0.2, 0) is 9.53 Å². The van der Waals surface area contributed by atoms with Gasteiger partial charge in [0, 0.05) is 49.6 Å². The maximum Gasteiger partial charge on any atom is 0.357 e. The molecule has 0 bridgehead atoms. The fraction of sp³-hybridized carbons (Fsp3) is 0.261. The lowest BCUT2D eigenvalue weighted by atomic mass is 10.0. The average molecular weight is 431 g/mol. The second-order valence-electron chi connectivity index (χ2n) is 7.27. The first-order chi connectivity index (χ1) is 15.4. The SMILES string of the molecule is CCOC(=O)c1cc(-n2cccn2)nc(-c2cccc(C#C[C@]3(O)CCN(C)C3=O)c2)n1. The summed E-state index contributed by atoms with van der Waals surface area (Å²) >= 11 is 0. The molecule has 2 aromatic heterocycles. The maximum absolute atomic E-state index is 12.3. The van der Waals surface area contributed by atoms with Crippen molar-refractivity contribution in [3.8, 4) is 29.0 Å². The number of nitrogens with zero attached hydrogens (tertiary/aromatic N) is 5. The van der Waals surface area contributed by atoms with Gasteiger partial charge >= 0.3 is 5.97 Å². The lowest BCUT2D eigenvalue weighted by molar-refractivity contribution is -0.137. The molecule has 1 amide bonds. The molecule has 0 aliphatic carbocycles. The molecule has 0 unspecified atom stereocenters. The molecule has 0 saturated carbocycles. The highest BCUT2D eigenvalue weighted by Crippen LogP contribution is 2.22. The van der Waals surface area contributed by atoms with Crippen LogP contribution in [0.25, 0.3) is 17.2 Å². The van der Waals surface area contributed by atoms with Gasteiger partial charge in [-0.1, -0.05) is 24.0 Å². The van der Waals surface area contributed by atoms with Crippen molar-refractivity contribution in [2.75, 3.05) is 20.2 Å². The van der Waals surface area contributed by atoms with Crippen LogP contribution in [0.3, 0.4) is 0 Å². The second kappa shape index (κ2) is 8.61. The van der Waals surface area contributed by atoms with Crippen molar-refractivity contribution in [2.45, 2.75) is 18.9 Å². The van der Waals surface area contributed by atoms with E-state index in [1.807, 2.05) is 0 Å². The molecular weight excluding hydrogens is 410 g/mol. The number of hydrogen-bond donors (Lipinski definition) is 1. The molecule has 1 aliphatic rings. The molecule has 9 nitrogen and oxygen atoms in total. The van der Waals surface area contributed by atoms with Crippen LogP contribution in [-0.4, -0.2) is 67.4 Å². The molecule has 1 aromatic carbocycles. The van der Waals surface area contributed by atoms with Gasteiger partial charge in [0.2, 0.25) is 5.60 Å². The Morgan fingerprint density at radius 1 is 1.28 bits per heavy atom. The molecule has 0 radical (unpaired) electrons. The van der Waals surface area contributed by atoms with Gasteiger partial charge < -0.3 is 14.7 Å². The van der Waals surface area contributed by atoms with E-state index < -0.39 is 17.5 Å². The number of carbonyl (C=O) groups is 2. The number of aliphatic hydroxyl groups is 1. The first-order valence-electron chi connectivity index (χ1n) is 10.1. The number of hydrogen-bond acceptors (Lipinski definition) is 7. The van der Waals surface area contributed by atoms with E-state index in [9.17, 15) is 14.7 Å². The predicted molar refractivity (Wildman–Crippen MR) is 115 cm³/mol. The van der Waals surface area contributed by atoms with Gasteiger partial charge in [0.05, 0.1) is 6.61 Å². The predicted octanol–water partition coefficient (Wildman–Crippen LogP) is 1.45. The Morgan fingerprint density at radius 3 is 2.81 bits per heavy atom. The molecule has 1 saturated heterocycles. The lowest BCUT2D eigenvalue weighted by Crippen LogP contribution is -2.37. The number of likely N-dealkylation sites (tertiary alicyclic amines) is 1. The number of esters is 1. The molecule has 1 fully saturated rings. The third-order valence-electron chi connectivity index (χ3n) is 4.98. The topological polar surface area (TPSA) is 110 Å². The smallest absolute Gasteiger partial charge is 0.357 e. The molecule has 32 heavy (non-hydrogen) atoms. The zero-order chi connectivity index (χ0) is 22.7. The summed E-state index contributed by atoms with van der Waals surface area (Å²) < 4.78 is 6.62. The van der Waals surface area contributed by atoms with E-state index in [2.05, 4.69) is 26.9 Å². The minimum absolute atomic E-state index is 0.104. The number of benzene rings is 1. The highest BCUT2D eigenvalue weighted by molar-refractivity contribution is 5.90. The zero-order valence-electron chi connectivity index (χ0n) is 17.6. The third-order valence-corrected chi connectivity index (χ3v) is 4.98. The van der Waals surface area contributed by atoms with Crippen LogP contribution in [0, 0.1) is 11.8 Å². The summed E-state index contributed by atoms with van der Waals surface area (Å²) in [5, 5.41) is 14.7. The van der Waals surface area contributed by atoms with Gasteiger partial charge in [-0.15, -0.1) is 0 Å². The molecule has 0 spiro atoms. The summed E-state index contributed by atoms with van der Waals surface area (Å²) in [4.78, 5) is 34.8. The minimum Gasteiger partial charge on any atom is -0.461 e. The van der Waals surface area contributed by atoms with Crippen molar-refractivity contribution in [2.24, 2.45) is 0 Å². The molecule has 3 heterocycles. The van der Waals surface area contributed by atoms with Crippen molar-refractivity contribution in [1.29, 1.82) is 0 Å². The van der Waals surface area contributed by atoms with Crippen LogP contribution >= 0.6 is 0 Å². The van der Waals surface area contributed by atoms with E-state index in [4.69, 9.17) is 4.74 Å². The lowest BCUT2D eigenvalue weighted by Gasteiger charge is -2.13. The summed E-state index contributed by atoms with van der Waals surface area (Å²) in [5.74, 6) is 5.31. The van der Waals surface area contributed by atoms with Gasteiger partial charge in [-0.05, 0) is 25.1 Å². The Balaban J connectivity index is 1.72. The highest BCUT2D eigenvalue weighted by Gasteiger charge is 2.42. The Labute approximate surface area is 184 Å². The molecule has 1 N–H and O–H groups in total. The van der Waals surface area contributed by atoms with Gasteiger partial charge in [0.25, 0.3) is 5.91 Å². The van der Waals surface area contributed by atoms with Crippen molar-refractivity contribution in [3.63, 3.8) is 0 Å². The standard InChI is InChI=1S/C23H21N5O4/c1-3-32-21(29)18-15-19(28-12-5-11-24-28)26-20(25-18)17-7-4-6-16(14-17)8-9-23(31)10-13-27(2)22(23)30/h4-7,11-12,14-15,31H,3,10,13H2,1-2H3/t23-/m0/s1. The van der Waals surface area contributed by atoms with Crippen molar-refractivity contribution in [1.82, 2.24) is 24.6 Å². The van der Waals surface area contributed by atoms with Crippen molar-refractivity contribution in [3.05, 3.63) is 60.0 Å². The fourth-order valence-electron chi connectivity index (χ4n) is 3.28. The van der Waals surface area contributed by atoms with E-state index in [0.29, 0.717) is 29.3 Å². The van der Waals surface area contributed by atoms with Crippen LogP contribution in [0.5, 0.6) is 0 Å². The number of ether oxygens (including phenoxy) is 1. The van der Waals surface area contributed by atoms with Gasteiger partial charge in [0.15, 0.2) is 17.3 Å². The second-order valence-corrected chi connectivity index (χ2v) is 7.27. The van der Waals surface area contributed by atoms with Gasteiger partial charge in [0.1, 0.15) is 0 Å². The molecule has 1 aliphatic heterocycles. The van der Waals surface area contributed by atoms with Gasteiger partial charge in [-0.2, -0.15) is 5.10 Å². The average Bonchev–Trinajstić information content (AvgIpc) is 3.43. The molecule has 4 rings (SSSR count). The molecule has 162 valence electrons. The normalized spacial score (nSPS) is 17.7. The van der Waals surface area contributed by atoms with E-state index in [0.717, 1.165) is 0 Å². The van der Waals surface area contributed by atoms with Crippen LogP contribution in [0.1, 0.15) is 29.4 Å². The van der Waals surface area contributed by atoms with Gasteiger partial charge in [-0.3, -0.25) is 4.79 Å². The van der Waals surface area contributed by atoms with E-state index in [-0.39, 0.29) is 18.7 Å². The molecule has 1 atom stereocenters. The van der Waals surface area contributed by atoms with E-state index in [1.165, 1.54) is 15.6 Å². The summed E-state index contributed by atoms with van der Waals surface area (Å²) in [6.45, 7) is 2.39. The number of carbonyl (C=O) groups excluding carboxylic acids is 2. The van der Waals surface area contributed by atoms with E-state index in [1.54, 1.807) is 56.7 Å².